The average Bonchev–Trinajstić information content (AvgIpc) is 2.26. The van der Waals surface area contributed by atoms with E-state index in [4.69, 9.17) is 14.7 Å². The fourth-order valence-corrected chi connectivity index (χ4v) is 0.997. The van der Waals surface area contributed by atoms with Crippen LogP contribution in [0.25, 0.3) is 0 Å². The van der Waals surface area contributed by atoms with Crippen LogP contribution in [0.3, 0.4) is 0 Å². The summed E-state index contributed by atoms with van der Waals surface area (Å²) in [6, 6.07) is 6.99. The van der Waals surface area contributed by atoms with Crippen LogP contribution in [0.5, 0.6) is 11.5 Å². The normalized spacial score (nSPS) is 8.07. The molecule has 0 radical (unpaired) electrons. The molecule has 1 rings (SSSR count). The third kappa shape index (κ3) is 2.18. The molecule has 0 spiro atoms. The third-order valence-corrected chi connectivity index (χ3v) is 1.66. The van der Waals surface area contributed by atoms with Crippen molar-refractivity contribution >= 4 is 0 Å². The number of nitriles is 1. The molecule has 0 fully saturated rings. The van der Waals surface area contributed by atoms with E-state index in [9.17, 15) is 0 Å². The minimum absolute atomic E-state index is 0.604. The topological polar surface area (TPSA) is 42.2 Å². The monoisotopic (exact) mass is 187 g/mol. The quantitative estimate of drug-likeness (QED) is 0.660. The first-order valence-corrected chi connectivity index (χ1v) is 3.94. The zero-order chi connectivity index (χ0) is 10.4. The molecule has 0 saturated heterocycles. The van der Waals surface area contributed by atoms with Gasteiger partial charge in [0.25, 0.3) is 0 Å². The van der Waals surface area contributed by atoms with Gasteiger partial charge in [-0.15, -0.1) is 0 Å². The van der Waals surface area contributed by atoms with Crippen molar-refractivity contribution in [2.45, 2.75) is 0 Å². The van der Waals surface area contributed by atoms with Crippen molar-refractivity contribution in [2.75, 3.05) is 14.2 Å². The summed E-state index contributed by atoms with van der Waals surface area (Å²) in [7, 11) is 3.13. The highest BCUT2D eigenvalue weighted by Gasteiger charge is 2.01. The second kappa shape index (κ2) is 4.79. The Bertz CT molecular complexity index is 421. The highest BCUT2D eigenvalue weighted by molar-refractivity contribution is 5.51. The van der Waals surface area contributed by atoms with Crippen molar-refractivity contribution in [1.82, 2.24) is 0 Å². The van der Waals surface area contributed by atoms with Crippen molar-refractivity contribution in [3.05, 3.63) is 23.8 Å². The first-order chi connectivity index (χ1) is 6.81. The van der Waals surface area contributed by atoms with Crippen molar-refractivity contribution in [3.63, 3.8) is 0 Å². The van der Waals surface area contributed by atoms with Gasteiger partial charge in [0.2, 0.25) is 0 Å². The van der Waals surface area contributed by atoms with Crippen molar-refractivity contribution in [2.24, 2.45) is 0 Å². The van der Waals surface area contributed by atoms with E-state index in [1.807, 2.05) is 0 Å². The Hall–Kier alpha value is -2.13. The molecule has 14 heavy (non-hydrogen) atoms. The number of ether oxygens (including phenoxy) is 2. The Morgan fingerprint density at radius 2 is 2.00 bits per heavy atom. The van der Waals surface area contributed by atoms with Gasteiger partial charge in [-0.25, -0.2) is 0 Å². The van der Waals surface area contributed by atoms with Crippen molar-refractivity contribution in [3.8, 4) is 29.4 Å². The van der Waals surface area contributed by atoms with E-state index >= 15 is 0 Å². The summed E-state index contributed by atoms with van der Waals surface area (Å²) in [5, 5.41) is 8.30. The number of hydrogen-bond acceptors (Lipinski definition) is 3. The summed E-state index contributed by atoms with van der Waals surface area (Å²) < 4.78 is 10.1. The molecule has 0 amide bonds. The Morgan fingerprint density at radius 3 is 2.57 bits per heavy atom. The smallest absolute Gasteiger partial charge is 0.152 e. The minimum Gasteiger partial charge on any atom is -0.497 e. The summed E-state index contributed by atoms with van der Waals surface area (Å²) in [4.78, 5) is 0. The fourth-order valence-electron chi connectivity index (χ4n) is 0.997. The number of nitrogens with zero attached hydrogens (tertiary/aromatic N) is 1. The number of hydrogen-bond donors (Lipinski definition) is 0. The standard InChI is InChI=1S/C11H9NO2/c1-13-10-6-5-9(4-3-7-12)11(8-10)14-2/h5-6,8H,1-2H3. The van der Waals surface area contributed by atoms with E-state index in [-0.39, 0.29) is 0 Å². The second-order valence-corrected chi connectivity index (χ2v) is 2.43. The molecular weight excluding hydrogens is 178 g/mol. The first-order valence-electron chi connectivity index (χ1n) is 3.94. The Morgan fingerprint density at radius 1 is 1.21 bits per heavy atom. The molecule has 0 N–H and O–H groups in total. The Labute approximate surface area is 82.9 Å². The molecular formula is C11H9NO2. The highest BCUT2D eigenvalue weighted by atomic mass is 16.5. The molecule has 0 bridgehead atoms. The van der Waals surface area contributed by atoms with Crippen LogP contribution < -0.4 is 9.47 Å². The molecule has 1 aromatic rings. The van der Waals surface area contributed by atoms with Crippen LogP contribution in [0.2, 0.25) is 0 Å². The average molecular weight is 187 g/mol. The van der Waals surface area contributed by atoms with E-state index in [1.54, 1.807) is 38.5 Å². The van der Waals surface area contributed by atoms with Crippen molar-refractivity contribution in [1.29, 1.82) is 5.26 Å². The molecule has 0 aromatic heterocycles. The molecule has 0 atom stereocenters. The first kappa shape index (κ1) is 9.95. The van der Waals surface area contributed by atoms with Gasteiger partial charge in [-0.3, -0.25) is 0 Å². The molecule has 0 aliphatic rings. The number of rotatable bonds is 2. The van der Waals surface area contributed by atoms with Gasteiger partial charge >= 0.3 is 0 Å². The fraction of sp³-hybridized carbons (Fsp3) is 0.182. The van der Waals surface area contributed by atoms with E-state index in [0.29, 0.717) is 17.1 Å². The van der Waals surface area contributed by atoms with Gasteiger partial charge < -0.3 is 9.47 Å². The van der Waals surface area contributed by atoms with E-state index in [0.717, 1.165) is 0 Å². The third-order valence-electron chi connectivity index (χ3n) is 1.66. The maximum absolute atomic E-state index is 8.30. The van der Waals surface area contributed by atoms with Gasteiger partial charge in [0, 0.05) is 12.0 Å². The van der Waals surface area contributed by atoms with Crippen LogP contribution in [0.1, 0.15) is 5.56 Å². The minimum atomic E-state index is 0.604. The summed E-state index contributed by atoms with van der Waals surface area (Å²) in [5.74, 6) is 6.29. The molecule has 1 aromatic carbocycles. The lowest BCUT2D eigenvalue weighted by molar-refractivity contribution is 0.393. The predicted molar refractivity (Wildman–Crippen MR) is 52.0 cm³/mol. The van der Waals surface area contributed by atoms with Gasteiger partial charge in [0.15, 0.2) is 6.07 Å². The maximum Gasteiger partial charge on any atom is 0.152 e. The largest absolute Gasteiger partial charge is 0.497 e. The predicted octanol–water partition coefficient (Wildman–Crippen LogP) is 1.58. The zero-order valence-electron chi connectivity index (χ0n) is 8.00. The SMILES string of the molecule is COc1ccc(C#CC#N)c(OC)c1. The van der Waals surface area contributed by atoms with Crippen LogP contribution in [0.4, 0.5) is 0 Å². The van der Waals surface area contributed by atoms with Crippen LogP contribution in [0, 0.1) is 23.2 Å². The van der Waals surface area contributed by atoms with Gasteiger partial charge in [-0.05, 0) is 18.1 Å². The van der Waals surface area contributed by atoms with Crippen LogP contribution in [-0.2, 0) is 0 Å². The van der Waals surface area contributed by atoms with Gasteiger partial charge in [0.1, 0.15) is 11.5 Å². The zero-order valence-corrected chi connectivity index (χ0v) is 8.00. The Kier molecular flexibility index (Phi) is 3.41. The summed E-state index contributed by atoms with van der Waals surface area (Å²) in [6.07, 6.45) is 0. The lowest BCUT2D eigenvalue weighted by atomic mass is 10.2. The van der Waals surface area contributed by atoms with Gasteiger partial charge in [0.05, 0.1) is 19.8 Å². The maximum atomic E-state index is 8.30. The molecule has 0 saturated carbocycles. The van der Waals surface area contributed by atoms with Crippen LogP contribution in [0.15, 0.2) is 18.2 Å². The lowest BCUT2D eigenvalue weighted by Crippen LogP contribution is -1.89. The van der Waals surface area contributed by atoms with Crippen LogP contribution in [-0.4, -0.2) is 14.2 Å². The number of benzene rings is 1. The summed E-state index contributed by atoms with van der Waals surface area (Å²) in [5.41, 5.74) is 0.676. The van der Waals surface area contributed by atoms with E-state index in [2.05, 4.69) is 11.8 Å². The number of methoxy groups -OCH3 is 2. The van der Waals surface area contributed by atoms with E-state index in [1.165, 1.54) is 0 Å². The molecule has 0 unspecified atom stereocenters. The Balaban J connectivity index is 3.13. The molecule has 0 heterocycles. The van der Waals surface area contributed by atoms with Crippen LogP contribution >= 0.6 is 0 Å². The summed E-state index contributed by atoms with van der Waals surface area (Å²) in [6.45, 7) is 0. The molecule has 3 heteroatoms. The molecule has 0 aliphatic carbocycles. The second-order valence-electron chi connectivity index (χ2n) is 2.43. The van der Waals surface area contributed by atoms with E-state index < -0.39 is 0 Å². The highest BCUT2D eigenvalue weighted by Crippen LogP contribution is 2.23. The lowest BCUT2D eigenvalue weighted by Gasteiger charge is -2.05. The summed E-state index contributed by atoms with van der Waals surface area (Å²) >= 11 is 0. The molecule has 70 valence electrons. The van der Waals surface area contributed by atoms with Gasteiger partial charge in [-0.2, -0.15) is 5.26 Å². The van der Waals surface area contributed by atoms with Crippen molar-refractivity contribution < 1.29 is 9.47 Å². The molecule has 3 nitrogen and oxygen atoms in total. The van der Waals surface area contributed by atoms with Gasteiger partial charge in [-0.1, -0.05) is 0 Å². The molecule has 0 aliphatic heterocycles.